The maximum absolute atomic E-state index is 12.4. The number of fused-ring (bicyclic) bond motifs is 1. The molecule has 1 heterocycles. The van der Waals surface area contributed by atoms with Crippen LogP contribution in [-0.4, -0.2) is 24.5 Å². The Hall–Kier alpha value is -2.53. The molecule has 0 radical (unpaired) electrons. The van der Waals surface area contributed by atoms with Crippen molar-refractivity contribution in [3.8, 4) is 5.75 Å². The smallest absolute Gasteiger partial charge is 0.267 e. The minimum absolute atomic E-state index is 0.148. The van der Waals surface area contributed by atoms with Gasteiger partial charge in [0, 0.05) is 23.7 Å². The van der Waals surface area contributed by atoms with E-state index in [2.05, 4.69) is 5.32 Å². The fourth-order valence-electron chi connectivity index (χ4n) is 2.74. The third-order valence-electron chi connectivity index (χ3n) is 4.11. The number of benzene rings is 2. The van der Waals surface area contributed by atoms with Crippen molar-refractivity contribution in [1.29, 1.82) is 0 Å². The van der Waals surface area contributed by atoms with Crippen LogP contribution in [0.4, 0.5) is 11.4 Å². The van der Waals surface area contributed by atoms with Crippen molar-refractivity contribution < 1.29 is 14.3 Å². The molecule has 2 aromatic carbocycles. The van der Waals surface area contributed by atoms with Crippen LogP contribution in [-0.2, 0) is 9.59 Å². The summed E-state index contributed by atoms with van der Waals surface area (Å²) in [6.07, 6.45) is -0.383. The molecule has 0 aliphatic carbocycles. The summed E-state index contributed by atoms with van der Waals surface area (Å²) in [6, 6.07) is 12.7. The Labute approximate surface area is 151 Å². The highest BCUT2D eigenvalue weighted by molar-refractivity contribution is 6.31. The second-order valence-electron chi connectivity index (χ2n) is 5.98. The predicted octanol–water partition coefficient (Wildman–Crippen LogP) is 3.79. The summed E-state index contributed by atoms with van der Waals surface area (Å²) in [7, 11) is 0. The van der Waals surface area contributed by atoms with Crippen LogP contribution in [0.3, 0.4) is 0 Å². The number of hydrogen-bond donors (Lipinski definition) is 1. The number of anilines is 2. The van der Waals surface area contributed by atoms with Crippen LogP contribution < -0.4 is 15.0 Å². The SMILES string of the molecule is Cc1ccc(Cl)cc1NC(=O)CCN1C(=O)[C@H](C)Oc2ccccc21. The minimum atomic E-state index is -0.562. The first-order valence-corrected chi connectivity index (χ1v) is 8.46. The van der Waals surface area contributed by atoms with Gasteiger partial charge in [-0.25, -0.2) is 0 Å². The Morgan fingerprint density at radius 3 is 2.84 bits per heavy atom. The van der Waals surface area contributed by atoms with E-state index in [1.807, 2.05) is 37.3 Å². The van der Waals surface area contributed by atoms with Crippen LogP contribution in [0.2, 0.25) is 5.02 Å². The van der Waals surface area contributed by atoms with E-state index in [0.717, 1.165) is 5.56 Å². The average Bonchev–Trinajstić information content (AvgIpc) is 2.58. The van der Waals surface area contributed by atoms with E-state index in [1.165, 1.54) is 0 Å². The van der Waals surface area contributed by atoms with Gasteiger partial charge >= 0.3 is 0 Å². The first kappa shape index (κ1) is 17.3. The average molecular weight is 359 g/mol. The number of para-hydroxylation sites is 2. The van der Waals surface area contributed by atoms with Crippen molar-refractivity contribution in [2.75, 3.05) is 16.8 Å². The zero-order chi connectivity index (χ0) is 18.0. The molecule has 1 atom stereocenters. The van der Waals surface area contributed by atoms with Crippen molar-refractivity contribution in [2.45, 2.75) is 26.4 Å². The molecule has 0 fully saturated rings. The fourth-order valence-corrected chi connectivity index (χ4v) is 2.92. The Bertz CT molecular complexity index is 822. The second kappa shape index (κ2) is 7.15. The molecule has 3 rings (SSSR count). The molecule has 2 amide bonds. The van der Waals surface area contributed by atoms with Crippen molar-refractivity contribution in [2.24, 2.45) is 0 Å². The summed E-state index contributed by atoms with van der Waals surface area (Å²) in [4.78, 5) is 26.3. The number of hydrogen-bond acceptors (Lipinski definition) is 3. The van der Waals surface area contributed by atoms with Crippen molar-refractivity contribution in [3.05, 3.63) is 53.1 Å². The maximum atomic E-state index is 12.4. The number of nitrogens with zero attached hydrogens (tertiary/aromatic N) is 1. The highest BCUT2D eigenvalue weighted by Gasteiger charge is 2.31. The molecule has 1 aliphatic heterocycles. The Balaban J connectivity index is 1.69. The Morgan fingerprint density at radius 1 is 1.28 bits per heavy atom. The summed E-state index contributed by atoms with van der Waals surface area (Å²) in [5, 5.41) is 3.41. The fraction of sp³-hybridized carbons (Fsp3) is 0.263. The van der Waals surface area contributed by atoms with Crippen LogP contribution in [0.25, 0.3) is 0 Å². The highest BCUT2D eigenvalue weighted by atomic mass is 35.5. The molecule has 0 unspecified atom stereocenters. The third kappa shape index (κ3) is 3.77. The second-order valence-corrected chi connectivity index (χ2v) is 6.41. The predicted molar refractivity (Wildman–Crippen MR) is 98.3 cm³/mol. The van der Waals surface area contributed by atoms with Crippen LogP contribution >= 0.6 is 11.6 Å². The van der Waals surface area contributed by atoms with Gasteiger partial charge in [-0.05, 0) is 43.7 Å². The van der Waals surface area contributed by atoms with Crippen LogP contribution in [0.5, 0.6) is 5.75 Å². The lowest BCUT2D eigenvalue weighted by atomic mass is 10.1. The molecule has 1 aliphatic rings. The number of aryl methyl sites for hydroxylation is 1. The van der Waals surface area contributed by atoms with Gasteiger partial charge in [-0.15, -0.1) is 0 Å². The quantitative estimate of drug-likeness (QED) is 0.904. The normalized spacial score (nSPS) is 16.2. The minimum Gasteiger partial charge on any atom is -0.479 e. The van der Waals surface area contributed by atoms with Crippen LogP contribution in [0.15, 0.2) is 42.5 Å². The number of carbonyl (C=O) groups excluding carboxylic acids is 2. The number of nitrogens with one attached hydrogen (secondary N) is 1. The van der Waals surface area contributed by atoms with Crippen molar-refractivity contribution in [3.63, 3.8) is 0 Å². The van der Waals surface area contributed by atoms with E-state index in [9.17, 15) is 9.59 Å². The van der Waals surface area contributed by atoms with Gasteiger partial charge in [0.15, 0.2) is 6.10 Å². The van der Waals surface area contributed by atoms with E-state index >= 15 is 0 Å². The Morgan fingerprint density at radius 2 is 2.04 bits per heavy atom. The molecule has 0 saturated carbocycles. The van der Waals surface area contributed by atoms with Gasteiger partial charge in [0.2, 0.25) is 5.91 Å². The van der Waals surface area contributed by atoms with Crippen LogP contribution in [0.1, 0.15) is 18.9 Å². The van der Waals surface area contributed by atoms with Gasteiger partial charge in [-0.3, -0.25) is 9.59 Å². The molecular formula is C19H19ClN2O3. The highest BCUT2D eigenvalue weighted by Crippen LogP contribution is 2.33. The molecule has 130 valence electrons. The largest absolute Gasteiger partial charge is 0.479 e. The molecular weight excluding hydrogens is 340 g/mol. The van der Waals surface area contributed by atoms with Gasteiger partial charge in [0.1, 0.15) is 5.75 Å². The monoisotopic (exact) mass is 358 g/mol. The summed E-state index contributed by atoms with van der Waals surface area (Å²) < 4.78 is 5.60. The Kier molecular flexibility index (Phi) is 4.95. The zero-order valence-corrected chi connectivity index (χ0v) is 14.8. The van der Waals surface area contributed by atoms with Gasteiger partial charge in [-0.1, -0.05) is 29.8 Å². The molecule has 2 aromatic rings. The van der Waals surface area contributed by atoms with E-state index in [4.69, 9.17) is 16.3 Å². The molecule has 5 nitrogen and oxygen atoms in total. The van der Waals surface area contributed by atoms with Gasteiger partial charge in [0.05, 0.1) is 5.69 Å². The number of amides is 2. The number of rotatable bonds is 4. The zero-order valence-electron chi connectivity index (χ0n) is 14.1. The lowest BCUT2D eigenvalue weighted by Gasteiger charge is -2.32. The third-order valence-corrected chi connectivity index (χ3v) is 4.34. The van der Waals surface area contributed by atoms with Gasteiger partial charge < -0.3 is 15.0 Å². The molecule has 0 spiro atoms. The van der Waals surface area contributed by atoms with E-state index in [0.29, 0.717) is 22.1 Å². The summed E-state index contributed by atoms with van der Waals surface area (Å²) >= 11 is 5.97. The van der Waals surface area contributed by atoms with Gasteiger partial charge in [0.25, 0.3) is 5.91 Å². The molecule has 0 bridgehead atoms. The number of halogens is 1. The maximum Gasteiger partial charge on any atom is 0.267 e. The summed E-state index contributed by atoms with van der Waals surface area (Å²) in [5.74, 6) is 0.334. The van der Waals surface area contributed by atoms with E-state index in [-0.39, 0.29) is 24.8 Å². The molecule has 0 aromatic heterocycles. The first-order valence-electron chi connectivity index (χ1n) is 8.09. The van der Waals surface area contributed by atoms with E-state index in [1.54, 1.807) is 24.0 Å². The van der Waals surface area contributed by atoms with Crippen molar-refractivity contribution in [1.82, 2.24) is 0 Å². The first-order chi connectivity index (χ1) is 12.0. The lowest BCUT2D eigenvalue weighted by Crippen LogP contribution is -2.45. The number of carbonyl (C=O) groups is 2. The van der Waals surface area contributed by atoms with Crippen molar-refractivity contribution >= 4 is 34.8 Å². The molecule has 6 heteroatoms. The van der Waals surface area contributed by atoms with E-state index < -0.39 is 6.10 Å². The summed E-state index contributed by atoms with van der Waals surface area (Å²) in [6.45, 7) is 3.89. The topological polar surface area (TPSA) is 58.6 Å². The standard InChI is InChI=1S/C19H19ClN2O3/c1-12-7-8-14(20)11-15(12)21-18(23)9-10-22-16-5-3-4-6-17(16)25-13(2)19(22)24/h3-8,11,13H,9-10H2,1-2H3,(H,21,23)/t13-/m0/s1. The number of ether oxygens (including phenoxy) is 1. The molecule has 25 heavy (non-hydrogen) atoms. The summed E-state index contributed by atoms with van der Waals surface area (Å²) in [5.41, 5.74) is 2.30. The lowest BCUT2D eigenvalue weighted by molar-refractivity contribution is -0.125. The van der Waals surface area contributed by atoms with Gasteiger partial charge in [-0.2, -0.15) is 0 Å². The molecule has 0 saturated heterocycles. The van der Waals surface area contributed by atoms with Crippen LogP contribution in [0, 0.1) is 6.92 Å². The molecule has 1 N–H and O–H groups in total.